The van der Waals surface area contributed by atoms with E-state index in [4.69, 9.17) is 19.2 Å². The summed E-state index contributed by atoms with van der Waals surface area (Å²) >= 11 is 0. The minimum Gasteiger partial charge on any atom is -0.458 e. The Morgan fingerprint density at radius 3 is 2.69 bits per heavy atom. The molecule has 0 saturated carbocycles. The first-order valence-electron chi connectivity index (χ1n) is 11.8. The molecule has 3 aliphatic heterocycles. The van der Waals surface area contributed by atoms with Gasteiger partial charge in [-0.25, -0.2) is 9.78 Å². The summed E-state index contributed by atoms with van der Waals surface area (Å²) in [6.07, 6.45) is -0.853. The second-order valence-corrected chi connectivity index (χ2v) is 9.21. The Labute approximate surface area is 204 Å². The number of nitrogens with zero attached hydrogens (tertiary/aromatic N) is 2. The molecule has 0 bridgehead atoms. The van der Waals surface area contributed by atoms with Crippen molar-refractivity contribution in [3.8, 4) is 22.9 Å². The molecule has 188 valence electrons. The van der Waals surface area contributed by atoms with Gasteiger partial charge in [-0.1, -0.05) is 6.92 Å². The van der Waals surface area contributed by atoms with E-state index >= 15 is 0 Å². The Bertz CT molecular complexity index is 1480. The Morgan fingerprint density at radius 2 is 1.94 bits per heavy atom. The first kappa shape index (κ1) is 22.9. The molecule has 0 fully saturated rings. The van der Waals surface area contributed by atoms with Crippen molar-refractivity contribution in [3.05, 3.63) is 50.8 Å². The largest absolute Gasteiger partial charge is 0.458 e. The number of ether oxygens (including phenoxy) is 3. The van der Waals surface area contributed by atoms with Crippen LogP contribution < -0.4 is 20.3 Å². The molecule has 0 saturated heterocycles. The molecule has 3 aliphatic rings. The van der Waals surface area contributed by atoms with Crippen LogP contribution >= 0.6 is 0 Å². The van der Waals surface area contributed by atoms with Crippen molar-refractivity contribution < 1.29 is 34.3 Å². The molecule has 11 nitrogen and oxygen atoms in total. The average molecular weight is 495 g/mol. The molecule has 0 unspecified atom stereocenters. The number of esters is 1. The fourth-order valence-electron chi connectivity index (χ4n) is 5.18. The van der Waals surface area contributed by atoms with E-state index in [-0.39, 0.29) is 56.2 Å². The van der Waals surface area contributed by atoms with Crippen molar-refractivity contribution in [1.29, 1.82) is 0 Å². The maximum atomic E-state index is 13.5. The van der Waals surface area contributed by atoms with Crippen LogP contribution in [0.2, 0.25) is 0 Å². The van der Waals surface area contributed by atoms with Crippen LogP contribution in [0, 0.1) is 0 Å². The summed E-state index contributed by atoms with van der Waals surface area (Å²) in [5.41, 5.74) is 1.63. The quantitative estimate of drug-likeness (QED) is 0.274. The summed E-state index contributed by atoms with van der Waals surface area (Å²) in [5.74, 6) is 0.382. The maximum absolute atomic E-state index is 13.5. The Balaban J connectivity index is 1.55. The van der Waals surface area contributed by atoms with Gasteiger partial charge in [-0.2, -0.15) is 0 Å². The van der Waals surface area contributed by atoms with Crippen molar-refractivity contribution in [1.82, 2.24) is 14.9 Å². The number of fused-ring (bicyclic) bond motifs is 6. The summed E-state index contributed by atoms with van der Waals surface area (Å²) in [6.45, 7) is 1.95. The molecule has 5 heterocycles. The molecule has 2 aromatic heterocycles. The average Bonchev–Trinajstić information content (AvgIpc) is 3.49. The zero-order valence-corrected chi connectivity index (χ0v) is 19.5. The van der Waals surface area contributed by atoms with Gasteiger partial charge in [0.15, 0.2) is 17.1 Å². The fraction of sp³-hybridized carbons (Fsp3) is 0.400. The van der Waals surface area contributed by atoms with Gasteiger partial charge in [0.05, 0.1) is 41.7 Å². The van der Waals surface area contributed by atoms with Crippen LogP contribution in [0.5, 0.6) is 11.5 Å². The van der Waals surface area contributed by atoms with E-state index in [2.05, 4.69) is 5.32 Å². The number of carbonyl (C=O) groups is 1. The zero-order valence-electron chi connectivity index (χ0n) is 19.5. The predicted molar refractivity (Wildman–Crippen MR) is 125 cm³/mol. The first-order valence-corrected chi connectivity index (χ1v) is 11.8. The number of carbonyl (C=O) groups excluding carboxylic acids is 1. The van der Waals surface area contributed by atoms with E-state index in [1.165, 1.54) is 0 Å². The minimum atomic E-state index is -1.90. The summed E-state index contributed by atoms with van der Waals surface area (Å²) in [5, 5.41) is 34.0. The third-order valence-corrected chi connectivity index (χ3v) is 7.19. The van der Waals surface area contributed by atoms with Gasteiger partial charge in [-0.3, -0.25) is 4.79 Å². The Hall–Kier alpha value is -3.51. The van der Waals surface area contributed by atoms with Crippen molar-refractivity contribution in [2.24, 2.45) is 0 Å². The van der Waals surface area contributed by atoms with Gasteiger partial charge >= 0.3 is 5.97 Å². The number of hydrogen-bond donors (Lipinski definition) is 4. The van der Waals surface area contributed by atoms with Crippen LogP contribution in [0.25, 0.3) is 22.3 Å². The van der Waals surface area contributed by atoms with E-state index in [0.717, 1.165) is 16.5 Å². The van der Waals surface area contributed by atoms with Crippen LogP contribution in [0.4, 0.5) is 0 Å². The minimum absolute atomic E-state index is 0.0611. The topological polar surface area (TPSA) is 152 Å². The number of benzene rings is 1. The maximum Gasteiger partial charge on any atom is 0.343 e. The van der Waals surface area contributed by atoms with E-state index in [1.807, 2.05) is 6.07 Å². The number of hydrogen-bond acceptors (Lipinski definition) is 10. The number of aliphatic hydroxyl groups is 3. The molecule has 36 heavy (non-hydrogen) atoms. The van der Waals surface area contributed by atoms with Crippen molar-refractivity contribution in [2.45, 2.75) is 44.7 Å². The highest BCUT2D eigenvalue weighted by atomic mass is 16.7. The Morgan fingerprint density at radius 1 is 1.17 bits per heavy atom. The number of aliphatic hydroxyl groups excluding tert-OH is 2. The lowest BCUT2D eigenvalue weighted by Gasteiger charge is -2.31. The standard InChI is InChI=1S/C25H25N3O8/c1-2-25(33)17-4-19-22-15(8-28(19)23(31)16(17)10-34-24(25)32)14(7-26-6-12(30)9-29)13-3-20-21(36-11-35-20)5-18(13)27-22/h3-5,12,26,29-30,33H,2,6-11H2,1H3/t12-,25+/m1/s1. The van der Waals surface area contributed by atoms with Gasteiger partial charge in [0.2, 0.25) is 6.79 Å². The molecule has 0 amide bonds. The van der Waals surface area contributed by atoms with Crippen LogP contribution in [-0.4, -0.2) is 56.9 Å². The second kappa shape index (κ2) is 8.27. The van der Waals surface area contributed by atoms with E-state index < -0.39 is 17.7 Å². The lowest BCUT2D eigenvalue weighted by Crippen LogP contribution is -2.44. The highest BCUT2D eigenvalue weighted by Gasteiger charge is 2.45. The number of pyridine rings is 2. The smallest absolute Gasteiger partial charge is 0.343 e. The Kier molecular flexibility index (Phi) is 5.27. The molecule has 6 rings (SSSR count). The van der Waals surface area contributed by atoms with Gasteiger partial charge in [-0.15, -0.1) is 0 Å². The van der Waals surface area contributed by atoms with Gasteiger partial charge < -0.3 is 39.4 Å². The molecule has 0 radical (unpaired) electrons. The molecule has 3 aromatic rings. The third kappa shape index (κ3) is 3.24. The summed E-state index contributed by atoms with van der Waals surface area (Å²) in [6, 6.07) is 5.30. The van der Waals surface area contributed by atoms with E-state index in [1.54, 1.807) is 23.6 Å². The lowest BCUT2D eigenvalue weighted by atomic mass is 9.86. The molecule has 2 atom stereocenters. The van der Waals surface area contributed by atoms with Crippen molar-refractivity contribution in [2.75, 3.05) is 19.9 Å². The zero-order chi connectivity index (χ0) is 25.2. The molecule has 4 N–H and O–H groups in total. The van der Waals surface area contributed by atoms with E-state index in [9.17, 15) is 24.9 Å². The SMILES string of the molecule is CC[C@@]1(O)C(=O)OCc2c1cc1n(c2=O)Cc2c-1nc1cc3c(cc1c2CNC[C@@H](O)CO)OCO3. The van der Waals surface area contributed by atoms with Crippen molar-refractivity contribution >= 4 is 16.9 Å². The molecule has 11 heteroatoms. The normalized spacial score (nSPS) is 20.2. The van der Waals surface area contributed by atoms with Gasteiger partial charge in [0.1, 0.15) is 6.61 Å². The summed E-state index contributed by atoms with van der Waals surface area (Å²) < 4.78 is 17.8. The van der Waals surface area contributed by atoms with Gasteiger partial charge in [0.25, 0.3) is 5.56 Å². The van der Waals surface area contributed by atoms with Crippen LogP contribution in [0.3, 0.4) is 0 Å². The molecule has 0 aliphatic carbocycles. The molecular weight excluding hydrogens is 470 g/mol. The van der Waals surface area contributed by atoms with Crippen molar-refractivity contribution in [3.63, 3.8) is 0 Å². The number of cyclic esters (lactones) is 1. The summed E-state index contributed by atoms with van der Waals surface area (Å²) in [4.78, 5) is 30.8. The summed E-state index contributed by atoms with van der Waals surface area (Å²) in [7, 11) is 0. The second-order valence-electron chi connectivity index (χ2n) is 9.21. The van der Waals surface area contributed by atoms with Gasteiger partial charge in [-0.05, 0) is 24.1 Å². The number of nitrogens with one attached hydrogen (secondary N) is 1. The van der Waals surface area contributed by atoms with Crippen LogP contribution in [0.15, 0.2) is 23.0 Å². The monoisotopic (exact) mass is 495 g/mol. The third-order valence-electron chi connectivity index (χ3n) is 7.19. The molecule has 1 aromatic carbocycles. The lowest BCUT2D eigenvalue weighted by molar-refractivity contribution is -0.172. The number of rotatable bonds is 6. The first-order chi connectivity index (χ1) is 17.4. The highest BCUT2D eigenvalue weighted by molar-refractivity contribution is 5.91. The number of aromatic nitrogens is 2. The molecular formula is C25H25N3O8. The van der Waals surface area contributed by atoms with E-state index in [0.29, 0.717) is 34.9 Å². The van der Waals surface area contributed by atoms with Gasteiger partial charge in [0, 0.05) is 35.7 Å². The van der Waals surface area contributed by atoms with Crippen LogP contribution in [-0.2, 0) is 34.8 Å². The molecule has 0 spiro atoms. The fourth-order valence-corrected chi connectivity index (χ4v) is 5.18. The predicted octanol–water partition coefficient (Wildman–Crippen LogP) is 0.251. The highest BCUT2D eigenvalue weighted by Crippen LogP contribution is 2.43. The van der Waals surface area contributed by atoms with Crippen LogP contribution in [0.1, 0.15) is 35.6 Å².